The predicted molar refractivity (Wildman–Crippen MR) is 129 cm³/mol. The summed E-state index contributed by atoms with van der Waals surface area (Å²) >= 11 is 0. The van der Waals surface area contributed by atoms with E-state index in [-0.39, 0.29) is 6.04 Å². The van der Waals surface area contributed by atoms with Gasteiger partial charge in [0.1, 0.15) is 5.82 Å². The van der Waals surface area contributed by atoms with Crippen LogP contribution in [0, 0.1) is 5.92 Å². The average Bonchev–Trinajstić information content (AvgIpc) is 3.15. The van der Waals surface area contributed by atoms with Gasteiger partial charge in [-0.15, -0.1) is 0 Å². The van der Waals surface area contributed by atoms with E-state index >= 15 is 0 Å². The van der Waals surface area contributed by atoms with Gasteiger partial charge in [0, 0.05) is 18.0 Å². The third kappa shape index (κ3) is 4.31. The van der Waals surface area contributed by atoms with Crippen LogP contribution < -0.4 is 0 Å². The molecule has 0 radical (unpaired) electrons. The van der Waals surface area contributed by atoms with E-state index in [4.69, 9.17) is 9.98 Å². The molecule has 31 heavy (non-hydrogen) atoms. The first-order valence-electron chi connectivity index (χ1n) is 12.0. The van der Waals surface area contributed by atoms with Crippen LogP contribution in [0.3, 0.4) is 0 Å². The molecule has 4 heteroatoms. The summed E-state index contributed by atoms with van der Waals surface area (Å²) in [5, 5.41) is 0. The Labute approximate surface area is 186 Å². The van der Waals surface area contributed by atoms with Crippen LogP contribution in [0.5, 0.6) is 0 Å². The van der Waals surface area contributed by atoms with Crippen molar-refractivity contribution in [1.82, 2.24) is 14.5 Å². The highest BCUT2D eigenvalue weighted by Crippen LogP contribution is 2.27. The summed E-state index contributed by atoms with van der Waals surface area (Å²) in [5.74, 6) is 1.56. The van der Waals surface area contributed by atoms with Gasteiger partial charge in [-0.3, -0.25) is 9.89 Å². The molecule has 2 heterocycles. The molecule has 1 aliphatic heterocycles. The maximum Gasteiger partial charge on any atom is 0.124 e. The molecule has 1 saturated carbocycles. The van der Waals surface area contributed by atoms with Crippen molar-refractivity contribution in [3.8, 4) is 0 Å². The lowest BCUT2D eigenvalue weighted by Gasteiger charge is -2.37. The first-order valence-corrected chi connectivity index (χ1v) is 12.0. The maximum atomic E-state index is 5.09. The summed E-state index contributed by atoms with van der Waals surface area (Å²) in [4.78, 5) is 12.8. The molecule has 3 aliphatic rings. The molecule has 0 spiro atoms. The number of aliphatic imine (C=N–C) groups is 1. The second kappa shape index (κ2) is 8.96. The summed E-state index contributed by atoms with van der Waals surface area (Å²) < 4.78 is 2.40. The highest BCUT2D eigenvalue weighted by atomic mass is 15.2. The third-order valence-corrected chi connectivity index (χ3v) is 7.06. The molecule has 1 fully saturated rings. The number of benzene rings is 1. The quantitative estimate of drug-likeness (QED) is 0.607. The second-order valence-electron chi connectivity index (χ2n) is 9.48. The molecule has 2 aromatic rings. The van der Waals surface area contributed by atoms with Gasteiger partial charge < -0.3 is 4.57 Å². The summed E-state index contributed by atoms with van der Waals surface area (Å²) in [5.41, 5.74) is 3.44. The first kappa shape index (κ1) is 20.4. The van der Waals surface area contributed by atoms with Crippen LogP contribution in [0.4, 0.5) is 0 Å². The van der Waals surface area contributed by atoms with E-state index in [0.717, 1.165) is 30.1 Å². The van der Waals surface area contributed by atoms with Crippen molar-refractivity contribution in [2.45, 2.75) is 77.2 Å². The number of aromatic nitrogens is 2. The lowest BCUT2D eigenvalue weighted by Crippen LogP contribution is -2.41. The fourth-order valence-corrected chi connectivity index (χ4v) is 5.36. The zero-order chi connectivity index (χ0) is 21.2. The van der Waals surface area contributed by atoms with Crippen molar-refractivity contribution in [1.29, 1.82) is 0 Å². The van der Waals surface area contributed by atoms with Gasteiger partial charge in [0.15, 0.2) is 0 Å². The maximum absolute atomic E-state index is 5.09. The largest absolute Gasteiger partial charge is 0.321 e. The number of hydrogen-bond donors (Lipinski definition) is 0. The highest BCUT2D eigenvalue weighted by molar-refractivity contribution is 5.96. The van der Waals surface area contributed by atoms with Crippen LogP contribution in [0.15, 0.2) is 65.7 Å². The lowest BCUT2D eigenvalue weighted by molar-refractivity contribution is 0.108. The number of fused-ring (bicyclic) bond motifs is 2. The molecule has 4 nitrogen and oxygen atoms in total. The Morgan fingerprint density at radius 3 is 2.68 bits per heavy atom. The van der Waals surface area contributed by atoms with Gasteiger partial charge in [-0.05, 0) is 44.9 Å². The van der Waals surface area contributed by atoms with E-state index in [1.54, 1.807) is 0 Å². The van der Waals surface area contributed by atoms with Crippen LogP contribution >= 0.6 is 0 Å². The molecular formula is C27H34N4. The van der Waals surface area contributed by atoms with Crippen molar-refractivity contribution in [3.63, 3.8) is 0 Å². The Bertz CT molecular complexity index is 1030. The van der Waals surface area contributed by atoms with Gasteiger partial charge in [0.05, 0.1) is 35.9 Å². The molecule has 162 valence electrons. The van der Waals surface area contributed by atoms with Gasteiger partial charge in [-0.1, -0.05) is 61.8 Å². The summed E-state index contributed by atoms with van der Waals surface area (Å²) in [6.45, 7) is 6.35. The Balaban J connectivity index is 1.45. The first-order chi connectivity index (χ1) is 15.2. The minimum atomic E-state index is 0.234. The van der Waals surface area contributed by atoms with Crippen molar-refractivity contribution in [2.24, 2.45) is 10.9 Å². The summed E-state index contributed by atoms with van der Waals surface area (Å²) in [6.07, 6.45) is 19.9. The fraction of sp³-hybridized carbons (Fsp3) is 0.481. The van der Waals surface area contributed by atoms with E-state index in [2.05, 4.69) is 84.0 Å². The molecule has 2 atom stereocenters. The molecule has 2 aliphatic carbocycles. The van der Waals surface area contributed by atoms with E-state index < -0.39 is 0 Å². The monoisotopic (exact) mass is 414 g/mol. The van der Waals surface area contributed by atoms with Gasteiger partial charge in [-0.25, -0.2) is 4.98 Å². The highest BCUT2D eigenvalue weighted by Gasteiger charge is 2.26. The molecule has 0 bridgehead atoms. The van der Waals surface area contributed by atoms with Gasteiger partial charge in [-0.2, -0.15) is 0 Å². The zero-order valence-electron chi connectivity index (χ0n) is 18.8. The predicted octanol–water partition coefficient (Wildman–Crippen LogP) is 5.70. The van der Waals surface area contributed by atoms with Crippen LogP contribution in [0.25, 0.3) is 11.0 Å². The number of imidazole rings is 1. The topological polar surface area (TPSA) is 33.4 Å². The van der Waals surface area contributed by atoms with Gasteiger partial charge in [0.25, 0.3) is 0 Å². The van der Waals surface area contributed by atoms with Gasteiger partial charge >= 0.3 is 0 Å². The molecule has 1 aromatic heterocycles. The number of dihydropyridines is 1. The fourth-order valence-electron chi connectivity index (χ4n) is 5.36. The second-order valence-corrected chi connectivity index (χ2v) is 9.48. The Morgan fingerprint density at radius 2 is 1.84 bits per heavy atom. The van der Waals surface area contributed by atoms with Gasteiger partial charge in [0.2, 0.25) is 0 Å². The minimum Gasteiger partial charge on any atom is -0.321 e. The SMILES string of the molecule is CC(C)N(Cc1nc2ccccc2n1CC1=NC2C=CC=CC2C=C1)C1CCCCC1. The third-order valence-electron chi connectivity index (χ3n) is 7.06. The molecule has 5 rings (SSSR count). The molecule has 0 saturated heterocycles. The van der Waals surface area contributed by atoms with E-state index in [1.807, 2.05) is 0 Å². The Kier molecular flexibility index (Phi) is 5.91. The molecule has 1 aromatic carbocycles. The average molecular weight is 415 g/mol. The minimum absolute atomic E-state index is 0.234. The number of hydrogen-bond acceptors (Lipinski definition) is 3. The summed E-state index contributed by atoms with van der Waals surface area (Å²) in [7, 11) is 0. The number of para-hydroxylation sites is 2. The number of nitrogens with zero attached hydrogens (tertiary/aromatic N) is 4. The smallest absolute Gasteiger partial charge is 0.124 e. The summed E-state index contributed by atoms with van der Waals surface area (Å²) in [6, 6.07) is 9.97. The van der Waals surface area contributed by atoms with Crippen molar-refractivity contribution < 1.29 is 0 Å². The Morgan fingerprint density at radius 1 is 1.03 bits per heavy atom. The van der Waals surface area contributed by atoms with E-state index in [1.165, 1.54) is 37.6 Å². The van der Waals surface area contributed by atoms with Crippen LogP contribution in [0.1, 0.15) is 51.8 Å². The number of allylic oxidation sites excluding steroid dienone is 3. The molecule has 2 unspecified atom stereocenters. The molecular weight excluding hydrogens is 380 g/mol. The van der Waals surface area contributed by atoms with E-state index in [0.29, 0.717) is 18.0 Å². The van der Waals surface area contributed by atoms with Crippen LogP contribution in [-0.4, -0.2) is 38.3 Å². The molecule has 0 N–H and O–H groups in total. The van der Waals surface area contributed by atoms with Crippen LogP contribution in [0.2, 0.25) is 0 Å². The standard InChI is InChI=1S/C27H34N4/c1-20(2)30(23-11-4-3-5-12-23)19-27-29-25-14-8-9-15-26(25)31(27)18-22-17-16-21-10-6-7-13-24(21)28-22/h6-10,13-17,20-21,23-24H,3-5,11-12,18-19H2,1-2H3. The normalized spacial score (nSPS) is 23.7. The molecule has 0 amide bonds. The zero-order valence-corrected chi connectivity index (χ0v) is 18.8. The Hall–Kier alpha value is -2.46. The van der Waals surface area contributed by atoms with E-state index in [9.17, 15) is 0 Å². The lowest BCUT2D eigenvalue weighted by atomic mass is 9.92. The number of rotatable bonds is 6. The van der Waals surface area contributed by atoms with Crippen LogP contribution in [-0.2, 0) is 13.1 Å². The van der Waals surface area contributed by atoms with Crippen molar-refractivity contribution >= 4 is 16.7 Å². The van der Waals surface area contributed by atoms with Crippen molar-refractivity contribution in [3.05, 3.63) is 66.5 Å². The van der Waals surface area contributed by atoms with Crippen molar-refractivity contribution in [2.75, 3.05) is 0 Å².